The number of furan rings is 1. The van der Waals surface area contributed by atoms with Gasteiger partial charge in [-0.05, 0) is 51.8 Å². The van der Waals surface area contributed by atoms with Crippen molar-refractivity contribution in [2.75, 3.05) is 5.32 Å². The minimum Gasteiger partial charge on any atom is -0.452 e. The van der Waals surface area contributed by atoms with E-state index in [1.54, 1.807) is 0 Å². The first-order valence-electron chi connectivity index (χ1n) is 5.16. The van der Waals surface area contributed by atoms with E-state index in [0.29, 0.717) is 10.2 Å². The molecule has 0 saturated carbocycles. The molecule has 6 nitrogen and oxygen atoms in total. The summed E-state index contributed by atoms with van der Waals surface area (Å²) in [5, 5.41) is 7.55. The van der Waals surface area contributed by atoms with E-state index in [9.17, 15) is 13.2 Å². The van der Waals surface area contributed by atoms with Crippen LogP contribution in [-0.2, 0) is 10.0 Å². The average Bonchev–Trinajstić information content (AvgIpc) is 2.76. The zero-order chi connectivity index (χ0) is 14.9. The van der Waals surface area contributed by atoms with Crippen LogP contribution in [0.5, 0.6) is 0 Å². The Morgan fingerprint density at radius 3 is 2.55 bits per heavy atom. The van der Waals surface area contributed by atoms with Gasteiger partial charge in [0.15, 0.2) is 0 Å². The first-order valence-corrected chi connectivity index (χ1v) is 7.87. The van der Waals surface area contributed by atoms with Crippen LogP contribution in [0.4, 0.5) is 5.69 Å². The lowest BCUT2D eigenvalue weighted by Crippen LogP contribution is -2.14. The number of halogens is 2. The van der Waals surface area contributed by atoms with Gasteiger partial charge in [-0.15, -0.1) is 0 Å². The minimum absolute atomic E-state index is 0.0280. The molecule has 0 aliphatic rings. The number of carbonyl (C=O) groups excluding carboxylic acids is 1. The molecular weight excluding hydrogens is 372 g/mol. The zero-order valence-corrected chi connectivity index (χ0v) is 12.9. The number of nitrogens with one attached hydrogen (secondary N) is 1. The number of amides is 1. The normalized spacial score (nSPS) is 11.3. The maximum Gasteiger partial charge on any atom is 0.260 e. The monoisotopic (exact) mass is 378 g/mol. The molecule has 0 unspecified atom stereocenters. The summed E-state index contributed by atoms with van der Waals surface area (Å²) in [5.41, 5.74) is 0.550. The lowest BCUT2D eigenvalue weighted by molar-refractivity contribution is 0.102. The molecule has 20 heavy (non-hydrogen) atoms. The van der Waals surface area contributed by atoms with Crippen molar-refractivity contribution in [3.8, 4) is 0 Å². The van der Waals surface area contributed by atoms with E-state index in [1.165, 1.54) is 30.5 Å². The molecule has 1 heterocycles. The van der Waals surface area contributed by atoms with Crippen molar-refractivity contribution in [1.82, 2.24) is 0 Å². The minimum atomic E-state index is -3.80. The molecular formula is C11H8BrClN2O4S. The molecule has 2 aromatic rings. The van der Waals surface area contributed by atoms with Crippen molar-refractivity contribution in [3.05, 3.63) is 45.8 Å². The first-order chi connectivity index (χ1) is 9.29. The van der Waals surface area contributed by atoms with E-state index >= 15 is 0 Å². The van der Waals surface area contributed by atoms with Crippen LogP contribution >= 0.6 is 27.5 Å². The van der Waals surface area contributed by atoms with Crippen LogP contribution < -0.4 is 10.5 Å². The summed E-state index contributed by atoms with van der Waals surface area (Å²) in [6.45, 7) is 0. The third-order valence-electron chi connectivity index (χ3n) is 2.38. The maximum absolute atomic E-state index is 11.9. The summed E-state index contributed by atoms with van der Waals surface area (Å²) < 4.78 is 27.6. The molecule has 0 aliphatic carbocycles. The molecule has 2 rings (SSSR count). The van der Waals surface area contributed by atoms with Gasteiger partial charge in [0.05, 0.1) is 22.4 Å². The summed E-state index contributed by atoms with van der Waals surface area (Å²) in [7, 11) is -3.80. The van der Waals surface area contributed by atoms with Gasteiger partial charge in [0.25, 0.3) is 5.91 Å². The Labute approximate surface area is 128 Å². The van der Waals surface area contributed by atoms with Crippen LogP contribution in [0.3, 0.4) is 0 Å². The van der Waals surface area contributed by atoms with Crippen molar-refractivity contribution in [2.24, 2.45) is 5.14 Å². The Balaban J connectivity index is 2.27. The molecule has 0 fully saturated rings. The number of rotatable bonds is 3. The van der Waals surface area contributed by atoms with Crippen LogP contribution in [-0.4, -0.2) is 14.3 Å². The SMILES string of the molecule is NS(=O)(=O)c1ccc(NC(=O)c2ccoc2Cl)c(Br)c1. The fraction of sp³-hybridized carbons (Fsp3) is 0. The first kappa shape index (κ1) is 15.0. The third kappa shape index (κ3) is 3.21. The second-order valence-electron chi connectivity index (χ2n) is 3.75. The lowest BCUT2D eigenvalue weighted by atomic mass is 10.3. The second-order valence-corrected chi connectivity index (χ2v) is 6.51. The van der Waals surface area contributed by atoms with Crippen molar-refractivity contribution < 1.29 is 17.6 Å². The highest BCUT2D eigenvalue weighted by Gasteiger charge is 2.16. The molecule has 0 atom stereocenters. The Hall–Kier alpha value is -1.35. The highest BCUT2D eigenvalue weighted by molar-refractivity contribution is 9.10. The number of benzene rings is 1. The number of sulfonamides is 1. The van der Waals surface area contributed by atoms with E-state index in [0.717, 1.165) is 0 Å². The van der Waals surface area contributed by atoms with Crippen LogP contribution in [0.2, 0.25) is 5.22 Å². The molecule has 0 bridgehead atoms. The Kier molecular flexibility index (Phi) is 4.19. The summed E-state index contributed by atoms with van der Waals surface area (Å²) in [4.78, 5) is 11.8. The number of carbonyl (C=O) groups is 1. The smallest absolute Gasteiger partial charge is 0.260 e. The van der Waals surface area contributed by atoms with Gasteiger partial charge in [-0.2, -0.15) is 0 Å². The van der Waals surface area contributed by atoms with E-state index in [-0.39, 0.29) is 15.7 Å². The van der Waals surface area contributed by atoms with Gasteiger partial charge in [-0.3, -0.25) is 4.79 Å². The predicted octanol–water partition coefficient (Wildman–Crippen LogP) is 2.60. The average molecular weight is 380 g/mol. The standard InChI is InChI=1S/C11H8BrClN2O4S/c12-8-5-6(20(14,17)18)1-2-9(8)15-11(16)7-3-4-19-10(7)13/h1-5H,(H,15,16)(H2,14,17,18). The number of hydrogen-bond acceptors (Lipinski definition) is 4. The van der Waals surface area contributed by atoms with Gasteiger partial charge in [0.1, 0.15) is 0 Å². The van der Waals surface area contributed by atoms with Gasteiger partial charge in [-0.1, -0.05) is 0 Å². The molecule has 0 spiro atoms. The van der Waals surface area contributed by atoms with Crippen LogP contribution in [0.25, 0.3) is 0 Å². The van der Waals surface area contributed by atoms with Crippen molar-refractivity contribution >= 4 is 49.1 Å². The summed E-state index contributed by atoms with van der Waals surface area (Å²) in [6, 6.07) is 5.41. The number of anilines is 1. The molecule has 0 saturated heterocycles. The largest absolute Gasteiger partial charge is 0.452 e. The fourth-order valence-electron chi connectivity index (χ4n) is 1.42. The van der Waals surface area contributed by atoms with E-state index in [4.69, 9.17) is 21.2 Å². The predicted molar refractivity (Wildman–Crippen MR) is 77.2 cm³/mol. The fourth-order valence-corrected chi connectivity index (χ4v) is 2.79. The van der Waals surface area contributed by atoms with Gasteiger partial charge >= 0.3 is 0 Å². The van der Waals surface area contributed by atoms with Crippen molar-refractivity contribution in [1.29, 1.82) is 0 Å². The topological polar surface area (TPSA) is 102 Å². The summed E-state index contributed by atoms with van der Waals surface area (Å²) in [5.74, 6) is -0.479. The molecule has 9 heteroatoms. The van der Waals surface area contributed by atoms with Crippen LogP contribution in [0, 0.1) is 0 Å². The third-order valence-corrected chi connectivity index (χ3v) is 4.24. The molecule has 1 aromatic heterocycles. The summed E-state index contributed by atoms with van der Waals surface area (Å²) in [6.07, 6.45) is 1.29. The molecule has 1 aromatic carbocycles. The Morgan fingerprint density at radius 1 is 1.35 bits per heavy atom. The van der Waals surface area contributed by atoms with Gasteiger partial charge in [0, 0.05) is 4.47 Å². The van der Waals surface area contributed by atoms with Crippen LogP contribution in [0.15, 0.2) is 44.3 Å². The zero-order valence-electron chi connectivity index (χ0n) is 9.76. The van der Waals surface area contributed by atoms with E-state index < -0.39 is 15.9 Å². The Bertz CT molecular complexity index is 772. The van der Waals surface area contributed by atoms with Gasteiger partial charge in [0.2, 0.25) is 15.2 Å². The molecule has 0 aliphatic heterocycles. The van der Waals surface area contributed by atoms with E-state index in [1.807, 2.05) is 0 Å². The number of hydrogen-bond donors (Lipinski definition) is 2. The highest BCUT2D eigenvalue weighted by Crippen LogP contribution is 2.26. The van der Waals surface area contributed by atoms with E-state index in [2.05, 4.69) is 21.2 Å². The number of primary sulfonamides is 1. The molecule has 106 valence electrons. The van der Waals surface area contributed by atoms with Gasteiger partial charge in [-0.25, -0.2) is 13.6 Å². The van der Waals surface area contributed by atoms with Crippen molar-refractivity contribution in [3.63, 3.8) is 0 Å². The Morgan fingerprint density at radius 2 is 2.05 bits per heavy atom. The number of nitrogens with two attached hydrogens (primary N) is 1. The molecule has 3 N–H and O–H groups in total. The quantitative estimate of drug-likeness (QED) is 0.855. The molecule has 0 radical (unpaired) electrons. The van der Waals surface area contributed by atoms with Crippen molar-refractivity contribution in [2.45, 2.75) is 4.90 Å². The lowest BCUT2D eigenvalue weighted by Gasteiger charge is -2.08. The maximum atomic E-state index is 11.9. The highest BCUT2D eigenvalue weighted by atomic mass is 79.9. The second kappa shape index (κ2) is 5.57. The summed E-state index contributed by atoms with van der Waals surface area (Å²) >= 11 is 8.85. The molecule has 1 amide bonds. The van der Waals surface area contributed by atoms with Gasteiger partial charge < -0.3 is 9.73 Å². The van der Waals surface area contributed by atoms with Crippen LogP contribution in [0.1, 0.15) is 10.4 Å².